The molecule has 0 saturated carbocycles. The second-order valence-electron chi connectivity index (χ2n) is 8.35. The van der Waals surface area contributed by atoms with Crippen molar-refractivity contribution in [1.82, 2.24) is 15.3 Å². The number of aromatic nitrogens is 2. The molecule has 7 nitrogen and oxygen atoms in total. The molecule has 3 rings (SSSR count). The van der Waals surface area contributed by atoms with Crippen LogP contribution in [0.5, 0.6) is 0 Å². The molecular weight excluding hydrogens is 406 g/mol. The fourth-order valence-corrected chi connectivity index (χ4v) is 3.25. The number of carbonyl (C=O) groups excluding carboxylic acids is 2. The second-order valence-corrected chi connectivity index (χ2v) is 8.35. The standard InChI is InChI=1S/C25H29N3O4/c1-6-19(27-24(30)32-25(3,4)5)22-26-20-11-9-8-10-18(20)21(28-22)16-12-14-17(15-13-16)23(29)31-7-2/h8-15,19H,6-7H2,1-5H3,(H,27,30)/t19-/m0/s1. The summed E-state index contributed by atoms with van der Waals surface area (Å²) in [6, 6.07) is 14.4. The predicted molar refractivity (Wildman–Crippen MR) is 123 cm³/mol. The van der Waals surface area contributed by atoms with E-state index in [1.54, 1.807) is 19.1 Å². The molecular formula is C25H29N3O4. The van der Waals surface area contributed by atoms with E-state index in [1.807, 2.05) is 64.1 Å². The number of fused-ring (bicyclic) bond motifs is 1. The summed E-state index contributed by atoms with van der Waals surface area (Å²) in [5.74, 6) is 0.140. The van der Waals surface area contributed by atoms with Crippen molar-refractivity contribution in [1.29, 1.82) is 0 Å². The monoisotopic (exact) mass is 435 g/mol. The van der Waals surface area contributed by atoms with E-state index in [9.17, 15) is 9.59 Å². The van der Waals surface area contributed by atoms with Crippen molar-refractivity contribution in [2.24, 2.45) is 0 Å². The minimum Gasteiger partial charge on any atom is -0.462 e. The largest absolute Gasteiger partial charge is 0.462 e. The summed E-state index contributed by atoms with van der Waals surface area (Å²) in [5.41, 5.74) is 2.22. The zero-order valence-corrected chi connectivity index (χ0v) is 19.1. The lowest BCUT2D eigenvalue weighted by Gasteiger charge is -2.23. The zero-order valence-electron chi connectivity index (χ0n) is 19.1. The van der Waals surface area contributed by atoms with E-state index in [2.05, 4.69) is 5.32 Å². The maximum atomic E-state index is 12.3. The van der Waals surface area contributed by atoms with Gasteiger partial charge in [0.15, 0.2) is 5.82 Å². The molecule has 0 aliphatic heterocycles. The summed E-state index contributed by atoms with van der Waals surface area (Å²) < 4.78 is 10.5. The quantitative estimate of drug-likeness (QED) is 0.518. The van der Waals surface area contributed by atoms with E-state index < -0.39 is 17.7 Å². The number of para-hydroxylation sites is 1. The normalized spacial score (nSPS) is 12.3. The summed E-state index contributed by atoms with van der Waals surface area (Å²) in [4.78, 5) is 33.8. The lowest BCUT2D eigenvalue weighted by atomic mass is 10.0. The molecule has 0 unspecified atom stereocenters. The first kappa shape index (κ1) is 23.2. The molecule has 7 heteroatoms. The fraction of sp³-hybridized carbons (Fsp3) is 0.360. The van der Waals surface area contributed by atoms with E-state index >= 15 is 0 Å². The van der Waals surface area contributed by atoms with Gasteiger partial charge < -0.3 is 14.8 Å². The Labute approximate surface area is 188 Å². The molecule has 0 fully saturated rings. The maximum absolute atomic E-state index is 12.3. The summed E-state index contributed by atoms with van der Waals surface area (Å²) in [7, 11) is 0. The van der Waals surface area contributed by atoms with E-state index in [0.717, 1.165) is 22.2 Å². The first-order valence-corrected chi connectivity index (χ1v) is 10.8. The van der Waals surface area contributed by atoms with Gasteiger partial charge in [-0.3, -0.25) is 0 Å². The minimum atomic E-state index is -0.599. The smallest absolute Gasteiger partial charge is 0.408 e. The fourth-order valence-electron chi connectivity index (χ4n) is 3.25. The molecule has 0 bridgehead atoms. The third kappa shape index (κ3) is 5.60. The van der Waals surface area contributed by atoms with Crippen molar-refractivity contribution >= 4 is 23.0 Å². The van der Waals surface area contributed by atoms with Gasteiger partial charge >= 0.3 is 12.1 Å². The third-order valence-electron chi connectivity index (χ3n) is 4.70. The molecule has 0 aliphatic rings. The van der Waals surface area contributed by atoms with Gasteiger partial charge in [-0.25, -0.2) is 19.6 Å². The van der Waals surface area contributed by atoms with Crippen LogP contribution in [0, 0.1) is 0 Å². The summed E-state index contributed by atoms with van der Waals surface area (Å²) in [6.45, 7) is 9.50. The number of hydrogen-bond donors (Lipinski definition) is 1. The van der Waals surface area contributed by atoms with Crippen LogP contribution in [0.4, 0.5) is 4.79 Å². The van der Waals surface area contributed by atoms with Crippen molar-refractivity contribution < 1.29 is 19.1 Å². The zero-order chi connectivity index (χ0) is 23.3. The van der Waals surface area contributed by atoms with Crippen LogP contribution in [0.25, 0.3) is 22.2 Å². The van der Waals surface area contributed by atoms with Gasteiger partial charge in [0.05, 0.1) is 29.4 Å². The topological polar surface area (TPSA) is 90.4 Å². The van der Waals surface area contributed by atoms with E-state index in [1.165, 1.54) is 0 Å². The van der Waals surface area contributed by atoms with Crippen molar-refractivity contribution in [3.8, 4) is 11.3 Å². The van der Waals surface area contributed by atoms with Crippen molar-refractivity contribution in [3.63, 3.8) is 0 Å². The molecule has 1 N–H and O–H groups in total. The highest BCUT2D eigenvalue weighted by Crippen LogP contribution is 2.28. The average Bonchev–Trinajstić information content (AvgIpc) is 2.76. The lowest BCUT2D eigenvalue weighted by molar-refractivity contribution is 0.0496. The number of carbonyl (C=O) groups is 2. The maximum Gasteiger partial charge on any atom is 0.408 e. The lowest BCUT2D eigenvalue weighted by Crippen LogP contribution is -2.35. The number of amides is 1. The Morgan fingerprint density at radius 2 is 1.69 bits per heavy atom. The first-order valence-electron chi connectivity index (χ1n) is 10.8. The molecule has 168 valence electrons. The number of rotatable bonds is 6. The van der Waals surface area contributed by atoms with E-state index in [4.69, 9.17) is 19.4 Å². The number of benzene rings is 2. The molecule has 2 aromatic carbocycles. The van der Waals surface area contributed by atoms with Gasteiger partial charge in [0.2, 0.25) is 0 Å². The second kappa shape index (κ2) is 9.77. The van der Waals surface area contributed by atoms with Gasteiger partial charge in [-0.1, -0.05) is 37.3 Å². The Morgan fingerprint density at radius 3 is 2.31 bits per heavy atom. The summed E-state index contributed by atoms with van der Waals surface area (Å²) in [5, 5.41) is 3.76. The van der Waals surface area contributed by atoms with Gasteiger partial charge in [-0.2, -0.15) is 0 Å². The highest BCUT2D eigenvalue weighted by Gasteiger charge is 2.22. The summed E-state index contributed by atoms with van der Waals surface area (Å²) >= 11 is 0. The van der Waals surface area contributed by atoms with Crippen LogP contribution in [0.15, 0.2) is 48.5 Å². The van der Waals surface area contributed by atoms with Crippen LogP contribution in [-0.2, 0) is 9.47 Å². The molecule has 1 atom stereocenters. The molecule has 32 heavy (non-hydrogen) atoms. The molecule has 0 saturated heterocycles. The highest BCUT2D eigenvalue weighted by atomic mass is 16.6. The van der Waals surface area contributed by atoms with Crippen LogP contribution in [-0.4, -0.2) is 34.2 Å². The SMILES string of the molecule is CCOC(=O)c1ccc(-c2nc([C@H](CC)NC(=O)OC(C)(C)C)nc3ccccc23)cc1. The molecule has 1 amide bonds. The van der Waals surface area contributed by atoms with Gasteiger partial charge in [0, 0.05) is 10.9 Å². The Morgan fingerprint density at radius 1 is 1.00 bits per heavy atom. The van der Waals surface area contributed by atoms with Crippen LogP contribution in [0.1, 0.15) is 63.3 Å². The van der Waals surface area contributed by atoms with Gasteiger partial charge in [-0.05, 0) is 52.3 Å². The number of nitrogens with one attached hydrogen (secondary N) is 1. The molecule has 0 radical (unpaired) electrons. The molecule has 1 heterocycles. The predicted octanol–water partition coefficient (Wildman–Crippen LogP) is 5.45. The van der Waals surface area contributed by atoms with Crippen LogP contribution in [0.3, 0.4) is 0 Å². The van der Waals surface area contributed by atoms with Gasteiger partial charge in [0.1, 0.15) is 5.60 Å². The van der Waals surface area contributed by atoms with Crippen molar-refractivity contribution in [2.75, 3.05) is 6.61 Å². The molecule has 0 spiro atoms. The Kier molecular flexibility index (Phi) is 7.08. The Bertz CT molecular complexity index is 1100. The molecule has 3 aromatic rings. The molecule has 1 aromatic heterocycles. The summed E-state index contributed by atoms with van der Waals surface area (Å²) in [6.07, 6.45) is 0.0835. The van der Waals surface area contributed by atoms with Crippen LogP contribution >= 0.6 is 0 Å². The van der Waals surface area contributed by atoms with Crippen LogP contribution < -0.4 is 5.32 Å². The third-order valence-corrected chi connectivity index (χ3v) is 4.70. The number of ether oxygens (including phenoxy) is 2. The Hall–Kier alpha value is -3.48. The number of hydrogen-bond acceptors (Lipinski definition) is 6. The van der Waals surface area contributed by atoms with Crippen molar-refractivity contribution in [3.05, 3.63) is 59.9 Å². The highest BCUT2D eigenvalue weighted by molar-refractivity contribution is 5.94. The van der Waals surface area contributed by atoms with Crippen molar-refractivity contribution in [2.45, 2.75) is 52.7 Å². The van der Waals surface area contributed by atoms with Crippen LogP contribution in [0.2, 0.25) is 0 Å². The number of alkyl carbamates (subject to hydrolysis) is 1. The minimum absolute atomic E-state index is 0.323. The first-order chi connectivity index (χ1) is 15.2. The molecule has 0 aliphatic carbocycles. The number of esters is 1. The average molecular weight is 436 g/mol. The van der Waals surface area contributed by atoms with Gasteiger partial charge in [0.25, 0.3) is 0 Å². The Balaban J connectivity index is 2.00. The van der Waals surface area contributed by atoms with E-state index in [-0.39, 0.29) is 5.97 Å². The van der Waals surface area contributed by atoms with Gasteiger partial charge in [-0.15, -0.1) is 0 Å². The van der Waals surface area contributed by atoms with E-state index in [0.29, 0.717) is 24.4 Å². The number of nitrogens with zero attached hydrogens (tertiary/aromatic N) is 2.